The normalized spacial score (nSPS) is 15.3. The van der Waals surface area contributed by atoms with Gasteiger partial charge in [0, 0.05) is 12.2 Å². The van der Waals surface area contributed by atoms with E-state index in [1.807, 2.05) is 24.3 Å². The van der Waals surface area contributed by atoms with Gasteiger partial charge in [0.05, 0.1) is 6.54 Å². The number of cyclic esters (lactones) is 1. The zero-order valence-corrected chi connectivity index (χ0v) is 9.40. The van der Waals surface area contributed by atoms with E-state index in [0.717, 1.165) is 18.8 Å². The van der Waals surface area contributed by atoms with Crippen LogP contribution in [0.2, 0.25) is 0 Å². The molecule has 1 aromatic carbocycles. The molecule has 1 fully saturated rings. The number of hydrogen-bond acceptors (Lipinski definition) is 3. The molecule has 1 saturated heterocycles. The summed E-state index contributed by atoms with van der Waals surface area (Å²) in [7, 11) is 0. The zero-order valence-electron chi connectivity index (χ0n) is 9.40. The lowest BCUT2D eigenvalue weighted by molar-refractivity contribution is 0.181. The van der Waals surface area contributed by atoms with Crippen LogP contribution in [0.25, 0.3) is 0 Å². The Morgan fingerprint density at radius 3 is 2.69 bits per heavy atom. The minimum absolute atomic E-state index is 0.251. The number of amides is 1. The molecule has 0 radical (unpaired) electrons. The fourth-order valence-corrected chi connectivity index (χ4v) is 1.69. The van der Waals surface area contributed by atoms with Crippen LogP contribution in [0.4, 0.5) is 10.5 Å². The van der Waals surface area contributed by atoms with Crippen LogP contribution < -0.4 is 10.2 Å². The first-order valence-corrected chi connectivity index (χ1v) is 5.55. The molecule has 0 saturated carbocycles. The Labute approximate surface area is 95.2 Å². The van der Waals surface area contributed by atoms with E-state index in [2.05, 4.69) is 12.2 Å². The standard InChI is InChI=1S/C12H16N2O2/c1-2-13-9-10-3-5-11(6-4-10)14-7-8-16-12(14)15/h3-6,13H,2,7-9H2,1H3. The second-order valence-electron chi connectivity index (χ2n) is 3.71. The third-order valence-corrected chi connectivity index (χ3v) is 2.59. The number of carbonyl (C=O) groups excluding carboxylic acids is 1. The average Bonchev–Trinajstić information content (AvgIpc) is 2.74. The third-order valence-electron chi connectivity index (χ3n) is 2.59. The van der Waals surface area contributed by atoms with E-state index >= 15 is 0 Å². The van der Waals surface area contributed by atoms with E-state index < -0.39 is 0 Å². The minimum Gasteiger partial charge on any atom is -0.447 e. The van der Waals surface area contributed by atoms with Gasteiger partial charge in [-0.05, 0) is 24.2 Å². The largest absolute Gasteiger partial charge is 0.447 e. The first kappa shape index (κ1) is 11.0. The highest BCUT2D eigenvalue weighted by atomic mass is 16.6. The van der Waals surface area contributed by atoms with Crippen molar-refractivity contribution in [2.24, 2.45) is 0 Å². The molecule has 0 aromatic heterocycles. The molecule has 1 aliphatic heterocycles. The molecule has 86 valence electrons. The van der Waals surface area contributed by atoms with Crippen LogP contribution in [0.1, 0.15) is 12.5 Å². The van der Waals surface area contributed by atoms with E-state index in [0.29, 0.717) is 13.2 Å². The van der Waals surface area contributed by atoms with Gasteiger partial charge in [-0.2, -0.15) is 0 Å². The van der Waals surface area contributed by atoms with Crippen LogP contribution in [0.5, 0.6) is 0 Å². The molecular weight excluding hydrogens is 204 g/mol. The van der Waals surface area contributed by atoms with E-state index in [9.17, 15) is 4.79 Å². The van der Waals surface area contributed by atoms with Gasteiger partial charge in [0.2, 0.25) is 0 Å². The summed E-state index contributed by atoms with van der Waals surface area (Å²) in [5.74, 6) is 0. The first-order valence-electron chi connectivity index (χ1n) is 5.55. The fourth-order valence-electron chi connectivity index (χ4n) is 1.69. The van der Waals surface area contributed by atoms with E-state index in [1.54, 1.807) is 4.90 Å². The van der Waals surface area contributed by atoms with Gasteiger partial charge in [-0.3, -0.25) is 4.90 Å². The summed E-state index contributed by atoms with van der Waals surface area (Å²) >= 11 is 0. The van der Waals surface area contributed by atoms with Gasteiger partial charge in [-0.25, -0.2) is 4.79 Å². The quantitative estimate of drug-likeness (QED) is 0.840. The van der Waals surface area contributed by atoms with Gasteiger partial charge in [0.15, 0.2) is 0 Å². The second kappa shape index (κ2) is 4.99. The lowest BCUT2D eigenvalue weighted by atomic mass is 10.2. The van der Waals surface area contributed by atoms with Crippen molar-refractivity contribution in [1.82, 2.24) is 5.32 Å². The molecule has 2 rings (SSSR count). The number of carbonyl (C=O) groups is 1. The van der Waals surface area contributed by atoms with Crippen molar-refractivity contribution < 1.29 is 9.53 Å². The van der Waals surface area contributed by atoms with Crippen LogP contribution in [-0.2, 0) is 11.3 Å². The maximum atomic E-state index is 11.3. The van der Waals surface area contributed by atoms with Crippen molar-refractivity contribution in [3.63, 3.8) is 0 Å². The first-order chi connectivity index (χ1) is 7.81. The van der Waals surface area contributed by atoms with Gasteiger partial charge in [-0.15, -0.1) is 0 Å². The molecule has 0 atom stereocenters. The highest BCUT2D eigenvalue weighted by Gasteiger charge is 2.22. The Balaban J connectivity index is 2.04. The summed E-state index contributed by atoms with van der Waals surface area (Å²) in [6.45, 7) is 5.03. The Bertz CT molecular complexity index is 362. The molecule has 0 unspecified atom stereocenters. The molecular formula is C12H16N2O2. The summed E-state index contributed by atoms with van der Waals surface area (Å²) < 4.78 is 4.89. The van der Waals surface area contributed by atoms with Crippen molar-refractivity contribution in [2.75, 3.05) is 24.6 Å². The van der Waals surface area contributed by atoms with Gasteiger partial charge < -0.3 is 10.1 Å². The second-order valence-corrected chi connectivity index (χ2v) is 3.71. The fraction of sp³-hybridized carbons (Fsp3) is 0.417. The lowest BCUT2D eigenvalue weighted by Gasteiger charge is -2.13. The minimum atomic E-state index is -0.251. The van der Waals surface area contributed by atoms with Crippen molar-refractivity contribution in [3.8, 4) is 0 Å². The molecule has 1 N–H and O–H groups in total. The molecule has 0 aliphatic carbocycles. The molecule has 4 heteroatoms. The Hall–Kier alpha value is -1.55. The van der Waals surface area contributed by atoms with Crippen LogP contribution in [0.3, 0.4) is 0 Å². The highest BCUT2D eigenvalue weighted by Crippen LogP contribution is 2.18. The van der Waals surface area contributed by atoms with Crippen LogP contribution in [0.15, 0.2) is 24.3 Å². The zero-order chi connectivity index (χ0) is 11.4. The molecule has 1 aromatic rings. The topological polar surface area (TPSA) is 41.6 Å². The predicted molar refractivity (Wildman–Crippen MR) is 62.5 cm³/mol. The van der Waals surface area contributed by atoms with E-state index in [4.69, 9.17) is 4.74 Å². The SMILES string of the molecule is CCNCc1ccc(N2CCOC2=O)cc1. The van der Waals surface area contributed by atoms with E-state index in [-0.39, 0.29) is 6.09 Å². The maximum Gasteiger partial charge on any atom is 0.414 e. The molecule has 4 nitrogen and oxygen atoms in total. The van der Waals surface area contributed by atoms with Crippen LogP contribution in [-0.4, -0.2) is 25.8 Å². The summed E-state index contributed by atoms with van der Waals surface area (Å²) in [5, 5.41) is 3.26. The number of hydrogen-bond donors (Lipinski definition) is 1. The van der Waals surface area contributed by atoms with Gasteiger partial charge in [0.25, 0.3) is 0 Å². The smallest absolute Gasteiger partial charge is 0.414 e. The molecule has 16 heavy (non-hydrogen) atoms. The van der Waals surface area contributed by atoms with Crippen molar-refractivity contribution in [2.45, 2.75) is 13.5 Å². The number of nitrogens with zero attached hydrogens (tertiary/aromatic N) is 1. The van der Waals surface area contributed by atoms with E-state index in [1.165, 1.54) is 5.56 Å². The van der Waals surface area contributed by atoms with Crippen molar-refractivity contribution >= 4 is 11.8 Å². The van der Waals surface area contributed by atoms with Crippen molar-refractivity contribution in [1.29, 1.82) is 0 Å². The van der Waals surface area contributed by atoms with Crippen LogP contribution in [0, 0.1) is 0 Å². The van der Waals surface area contributed by atoms with Gasteiger partial charge in [0.1, 0.15) is 6.61 Å². The Kier molecular flexibility index (Phi) is 3.41. The summed E-state index contributed by atoms with van der Waals surface area (Å²) in [6.07, 6.45) is -0.251. The maximum absolute atomic E-state index is 11.3. The molecule has 0 spiro atoms. The monoisotopic (exact) mass is 220 g/mol. The van der Waals surface area contributed by atoms with Gasteiger partial charge >= 0.3 is 6.09 Å². The van der Waals surface area contributed by atoms with Gasteiger partial charge in [-0.1, -0.05) is 19.1 Å². The molecule has 1 amide bonds. The number of ether oxygens (including phenoxy) is 1. The lowest BCUT2D eigenvalue weighted by Crippen LogP contribution is -2.23. The molecule has 1 aliphatic rings. The van der Waals surface area contributed by atoms with Crippen molar-refractivity contribution in [3.05, 3.63) is 29.8 Å². The number of anilines is 1. The Morgan fingerprint density at radius 2 is 2.12 bits per heavy atom. The summed E-state index contributed by atoms with van der Waals surface area (Å²) in [5.41, 5.74) is 2.13. The average molecular weight is 220 g/mol. The predicted octanol–water partition coefficient (Wildman–Crippen LogP) is 1.75. The molecule has 0 bridgehead atoms. The number of nitrogens with one attached hydrogen (secondary N) is 1. The Morgan fingerprint density at radius 1 is 1.38 bits per heavy atom. The summed E-state index contributed by atoms with van der Waals surface area (Å²) in [6, 6.07) is 7.98. The highest BCUT2D eigenvalue weighted by molar-refractivity contribution is 5.89. The van der Waals surface area contributed by atoms with Crippen LogP contribution >= 0.6 is 0 Å². The number of benzene rings is 1. The molecule has 1 heterocycles. The number of rotatable bonds is 4. The summed E-state index contributed by atoms with van der Waals surface area (Å²) in [4.78, 5) is 13.0. The third kappa shape index (κ3) is 2.33.